The molecule has 0 amide bonds. The molecule has 1 aromatic heterocycles. The van der Waals surface area contributed by atoms with Crippen LogP contribution in [0.4, 0.5) is 5.95 Å². The van der Waals surface area contributed by atoms with Gasteiger partial charge in [-0.2, -0.15) is 0 Å². The molecule has 3 nitrogen and oxygen atoms in total. The Balaban J connectivity index is 2.24. The van der Waals surface area contributed by atoms with E-state index in [0.29, 0.717) is 5.02 Å². The molecule has 0 aliphatic carbocycles. The molecule has 0 atom stereocenters. The van der Waals surface area contributed by atoms with Crippen LogP contribution in [-0.2, 0) is 0 Å². The van der Waals surface area contributed by atoms with Crippen molar-refractivity contribution in [2.75, 3.05) is 5.73 Å². The highest BCUT2D eigenvalue weighted by Crippen LogP contribution is 2.35. The van der Waals surface area contributed by atoms with Crippen LogP contribution in [0.25, 0.3) is 22.0 Å². The fourth-order valence-electron chi connectivity index (χ4n) is 1.98. The number of nitrogens with two attached hydrogens (primary N) is 1. The first-order valence-corrected chi connectivity index (χ1v) is 6.79. The van der Waals surface area contributed by atoms with Crippen molar-refractivity contribution in [3.8, 4) is 11.1 Å². The topological polar surface area (TPSA) is 51.8 Å². The zero-order valence-electron chi connectivity index (χ0n) is 9.77. The molecule has 2 N–H and O–H groups in total. The Morgan fingerprint density at radius 3 is 2.79 bits per heavy atom. The van der Waals surface area contributed by atoms with E-state index in [1.54, 1.807) is 6.20 Å². The summed E-state index contributed by atoms with van der Waals surface area (Å²) in [6, 6.07) is 11.6. The van der Waals surface area contributed by atoms with E-state index in [1.165, 1.54) is 0 Å². The maximum absolute atomic E-state index is 6.26. The van der Waals surface area contributed by atoms with E-state index in [-0.39, 0.29) is 5.95 Å². The number of fused-ring (bicyclic) bond motifs is 1. The number of rotatable bonds is 1. The van der Waals surface area contributed by atoms with Crippen molar-refractivity contribution in [1.82, 2.24) is 9.97 Å². The summed E-state index contributed by atoms with van der Waals surface area (Å²) < 4.78 is 0.954. The summed E-state index contributed by atoms with van der Waals surface area (Å²) in [6.45, 7) is 0. The Labute approximate surface area is 123 Å². The third-order valence-corrected chi connectivity index (χ3v) is 3.83. The third kappa shape index (κ3) is 2.29. The average molecular weight is 335 g/mol. The van der Waals surface area contributed by atoms with E-state index in [4.69, 9.17) is 17.3 Å². The van der Waals surface area contributed by atoms with Crippen molar-refractivity contribution in [3.05, 3.63) is 52.1 Å². The number of halogens is 2. The molecule has 3 aromatic rings. The Kier molecular flexibility index (Phi) is 3.12. The van der Waals surface area contributed by atoms with Gasteiger partial charge in [-0.1, -0.05) is 39.7 Å². The smallest absolute Gasteiger partial charge is 0.220 e. The lowest BCUT2D eigenvalue weighted by atomic mass is 10.0. The summed E-state index contributed by atoms with van der Waals surface area (Å²) in [5, 5.41) is 1.63. The molecule has 0 fully saturated rings. The third-order valence-electron chi connectivity index (χ3n) is 2.85. The number of hydrogen-bond donors (Lipinski definition) is 1. The Hall–Kier alpha value is -1.65. The van der Waals surface area contributed by atoms with Gasteiger partial charge in [-0.3, -0.25) is 0 Å². The van der Waals surface area contributed by atoms with E-state index >= 15 is 0 Å². The largest absolute Gasteiger partial charge is 0.368 e. The zero-order valence-corrected chi connectivity index (χ0v) is 12.1. The minimum atomic E-state index is 0.277. The first-order chi connectivity index (χ1) is 9.15. The monoisotopic (exact) mass is 333 g/mol. The van der Waals surface area contributed by atoms with Crippen LogP contribution in [0, 0.1) is 0 Å². The van der Waals surface area contributed by atoms with Crippen LogP contribution in [0.1, 0.15) is 0 Å². The van der Waals surface area contributed by atoms with Gasteiger partial charge in [0.1, 0.15) is 0 Å². The lowest BCUT2D eigenvalue weighted by Gasteiger charge is -2.08. The SMILES string of the molecule is Nc1ncc2cc(-c3c(Cl)cccc3Br)ccc2n1. The highest BCUT2D eigenvalue weighted by molar-refractivity contribution is 9.10. The van der Waals surface area contributed by atoms with Crippen molar-refractivity contribution in [2.24, 2.45) is 0 Å². The van der Waals surface area contributed by atoms with Crippen molar-refractivity contribution >= 4 is 44.4 Å². The summed E-state index contributed by atoms with van der Waals surface area (Å²) in [6.07, 6.45) is 1.71. The van der Waals surface area contributed by atoms with Gasteiger partial charge < -0.3 is 5.73 Å². The molecule has 0 aliphatic rings. The fraction of sp³-hybridized carbons (Fsp3) is 0. The summed E-state index contributed by atoms with van der Waals surface area (Å²) in [5.74, 6) is 0.277. The zero-order chi connectivity index (χ0) is 13.4. The van der Waals surface area contributed by atoms with Crippen LogP contribution in [0.15, 0.2) is 47.1 Å². The lowest BCUT2D eigenvalue weighted by molar-refractivity contribution is 1.24. The molecule has 3 rings (SSSR count). The summed E-state index contributed by atoms with van der Waals surface area (Å²) in [5.41, 5.74) is 8.36. The van der Waals surface area contributed by atoms with E-state index in [0.717, 1.165) is 26.5 Å². The van der Waals surface area contributed by atoms with Gasteiger partial charge in [-0.25, -0.2) is 9.97 Å². The molecule has 0 bridgehead atoms. The van der Waals surface area contributed by atoms with Gasteiger partial charge in [0.15, 0.2) is 0 Å². The van der Waals surface area contributed by atoms with Gasteiger partial charge in [0.2, 0.25) is 5.95 Å². The van der Waals surface area contributed by atoms with E-state index in [1.807, 2.05) is 36.4 Å². The molecular formula is C14H9BrClN3. The minimum Gasteiger partial charge on any atom is -0.368 e. The maximum Gasteiger partial charge on any atom is 0.220 e. The van der Waals surface area contributed by atoms with Crippen LogP contribution < -0.4 is 5.73 Å². The molecule has 19 heavy (non-hydrogen) atoms. The standard InChI is InChI=1S/C14H9BrClN3/c15-10-2-1-3-11(16)13(10)8-4-5-12-9(6-8)7-18-14(17)19-12/h1-7H,(H2,17,18,19). The molecule has 0 unspecified atom stereocenters. The normalized spacial score (nSPS) is 10.8. The van der Waals surface area contributed by atoms with Gasteiger partial charge in [0.05, 0.1) is 5.52 Å². The molecule has 0 radical (unpaired) electrons. The first kappa shape index (κ1) is 12.4. The average Bonchev–Trinajstić information content (AvgIpc) is 2.38. The highest BCUT2D eigenvalue weighted by atomic mass is 79.9. The Morgan fingerprint density at radius 1 is 1.16 bits per heavy atom. The van der Waals surface area contributed by atoms with Crippen LogP contribution >= 0.6 is 27.5 Å². The number of aromatic nitrogens is 2. The number of anilines is 1. The molecule has 0 spiro atoms. The minimum absolute atomic E-state index is 0.277. The second kappa shape index (κ2) is 4.79. The Morgan fingerprint density at radius 2 is 2.00 bits per heavy atom. The molecule has 0 saturated carbocycles. The fourth-order valence-corrected chi connectivity index (χ4v) is 2.97. The summed E-state index contributed by atoms with van der Waals surface area (Å²) in [4.78, 5) is 8.19. The second-order valence-corrected chi connectivity index (χ2v) is 5.36. The maximum atomic E-state index is 6.26. The van der Waals surface area contributed by atoms with Gasteiger partial charge >= 0.3 is 0 Å². The lowest BCUT2D eigenvalue weighted by Crippen LogP contribution is -1.94. The highest BCUT2D eigenvalue weighted by Gasteiger charge is 2.08. The van der Waals surface area contributed by atoms with Gasteiger partial charge in [-0.15, -0.1) is 0 Å². The van der Waals surface area contributed by atoms with Crippen LogP contribution in [0.3, 0.4) is 0 Å². The van der Waals surface area contributed by atoms with Crippen LogP contribution in [0.2, 0.25) is 5.02 Å². The van der Waals surface area contributed by atoms with Gasteiger partial charge in [-0.05, 0) is 29.8 Å². The van der Waals surface area contributed by atoms with Crippen LogP contribution in [-0.4, -0.2) is 9.97 Å². The van der Waals surface area contributed by atoms with E-state index < -0.39 is 0 Å². The number of benzene rings is 2. The second-order valence-electron chi connectivity index (χ2n) is 4.10. The molecule has 5 heteroatoms. The summed E-state index contributed by atoms with van der Waals surface area (Å²) in [7, 11) is 0. The molecule has 0 saturated heterocycles. The molecule has 1 heterocycles. The Bertz CT molecular complexity index is 753. The predicted molar refractivity (Wildman–Crippen MR) is 82.1 cm³/mol. The molecule has 2 aromatic carbocycles. The number of nitrogen functional groups attached to an aromatic ring is 1. The predicted octanol–water partition coefficient (Wildman–Crippen LogP) is 4.29. The number of nitrogens with zero attached hydrogens (tertiary/aromatic N) is 2. The number of hydrogen-bond acceptors (Lipinski definition) is 3. The summed E-state index contributed by atoms with van der Waals surface area (Å²) >= 11 is 9.78. The van der Waals surface area contributed by atoms with E-state index in [2.05, 4.69) is 25.9 Å². The van der Waals surface area contributed by atoms with Crippen molar-refractivity contribution in [1.29, 1.82) is 0 Å². The van der Waals surface area contributed by atoms with Gasteiger partial charge in [0.25, 0.3) is 0 Å². The van der Waals surface area contributed by atoms with E-state index in [9.17, 15) is 0 Å². The molecule has 0 aliphatic heterocycles. The van der Waals surface area contributed by atoms with Gasteiger partial charge in [0, 0.05) is 26.6 Å². The van der Waals surface area contributed by atoms with Crippen molar-refractivity contribution in [3.63, 3.8) is 0 Å². The first-order valence-electron chi connectivity index (χ1n) is 5.62. The van der Waals surface area contributed by atoms with Crippen LogP contribution in [0.5, 0.6) is 0 Å². The molecular weight excluding hydrogens is 326 g/mol. The van der Waals surface area contributed by atoms with Crippen molar-refractivity contribution < 1.29 is 0 Å². The quantitative estimate of drug-likeness (QED) is 0.722. The van der Waals surface area contributed by atoms with Crippen molar-refractivity contribution in [2.45, 2.75) is 0 Å². The molecule has 94 valence electrons.